The third-order valence-corrected chi connectivity index (χ3v) is 3.92. The number of aryl methyl sites for hydroxylation is 1. The molecule has 0 aliphatic carbocycles. The van der Waals surface area contributed by atoms with Crippen LogP contribution in [-0.2, 0) is 16.6 Å². The average molecular weight is 257 g/mol. The van der Waals surface area contributed by atoms with Crippen LogP contribution in [0.1, 0.15) is 24.5 Å². The van der Waals surface area contributed by atoms with Gasteiger partial charge < -0.3 is 4.74 Å². The number of methoxy groups -OCH3 is 1. The van der Waals surface area contributed by atoms with Gasteiger partial charge in [-0.1, -0.05) is 24.6 Å². The number of benzene rings is 1. The van der Waals surface area contributed by atoms with Gasteiger partial charge in [0.15, 0.2) is 0 Å². The van der Waals surface area contributed by atoms with E-state index < -0.39 is 10.0 Å². The quantitative estimate of drug-likeness (QED) is 0.846. The molecule has 0 aromatic heterocycles. The van der Waals surface area contributed by atoms with Crippen LogP contribution in [0.4, 0.5) is 0 Å². The molecule has 5 heteroatoms. The fourth-order valence-corrected chi connectivity index (χ4v) is 2.63. The van der Waals surface area contributed by atoms with E-state index in [-0.39, 0.29) is 12.3 Å². The summed E-state index contributed by atoms with van der Waals surface area (Å²) in [7, 11) is -1.60. The maximum Gasteiger partial charge on any atom is 0.211 e. The Hall–Kier alpha value is -1.07. The highest BCUT2D eigenvalue weighted by Gasteiger charge is 2.10. The Morgan fingerprint density at radius 3 is 2.65 bits per heavy atom. The lowest BCUT2D eigenvalue weighted by atomic mass is 10.1. The number of hydrogen-bond donors (Lipinski definition) is 1. The first-order valence-corrected chi connectivity index (χ1v) is 7.24. The summed E-state index contributed by atoms with van der Waals surface area (Å²) in [5.74, 6) is 0.857. The fraction of sp³-hybridized carbons (Fsp3) is 0.500. The summed E-state index contributed by atoms with van der Waals surface area (Å²) < 4.78 is 30.8. The minimum atomic E-state index is -3.17. The van der Waals surface area contributed by atoms with E-state index in [9.17, 15) is 8.42 Å². The normalized spacial score (nSPS) is 11.5. The number of hydrogen-bond acceptors (Lipinski definition) is 3. The minimum Gasteiger partial charge on any atom is -0.496 e. The van der Waals surface area contributed by atoms with Crippen LogP contribution in [0.2, 0.25) is 0 Å². The lowest BCUT2D eigenvalue weighted by molar-refractivity contribution is 0.409. The highest BCUT2D eigenvalue weighted by molar-refractivity contribution is 7.89. The smallest absolute Gasteiger partial charge is 0.211 e. The molecular weight excluding hydrogens is 238 g/mol. The standard InChI is InChI=1S/C12H19NO3S/c1-4-7-17(14,15)13-9-11-8-10(2)5-6-12(11)16-3/h5-6,8,13H,4,7,9H2,1-3H3. The average Bonchev–Trinajstić information content (AvgIpc) is 2.27. The third-order valence-electron chi connectivity index (χ3n) is 2.39. The second-order valence-corrected chi connectivity index (χ2v) is 5.88. The van der Waals surface area contributed by atoms with Crippen LogP contribution in [0, 0.1) is 6.92 Å². The minimum absolute atomic E-state index is 0.154. The zero-order chi connectivity index (χ0) is 12.9. The van der Waals surface area contributed by atoms with Gasteiger partial charge in [-0.2, -0.15) is 0 Å². The summed E-state index contributed by atoms with van der Waals surface area (Å²) in [6.45, 7) is 4.07. The maximum absolute atomic E-state index is 11.5. The predicted molar refractivity (Wildman–Crippen MR) is 68.6 cm³/mol. The summed E-state index contributed by atoms with van der Waals surface area (Å²) in [5, 5.41) is 0. The molecule has 0 radical (unpaired) electrons. The van der Waals surface area contributed by atoms with E-state index in [1.807, 2.05) is 32.0 Å². The van der Waals surface area contributed by atoms with Crippen LogP contribution < -0.4 is 9.46 Å². The van der Waals surface area contributed by atoms with Crippen molar-refractivity contribution in [2.75, 3.05) is 12.9 Å². The van der Waals surface area contributed by atoms with E-state index in [0.29, 0.717) is 12.2 Å². The zero-order valence-corrected chi connectivity index (χ0v) is 11.3. The van der Waals surface area contributed by atoms with Crippen LogP contribution in [0.15, 0.2) is 18.2 Å². The highest BCUT2D eigenvalue weighted by atomic mass is 32.2. The Bertz CT molecular complexity index is 469. The van der Waals surface area contributed by atoms with E-state index in [2.05, 4.69) is 4.72 Å². The molecule has 0 aliphatic rings. The molecule has 0 atom stereocenters. The predicted octanol–water partition coefficient (Wildman–Crippen LogP) is 1.83. The summed E-state index contributed by atoms with van der Waals surface area (Å²) in [5.41, 5.74) is 1.93. The zero-order valence-electron chi connectivity index (χ0n) is 10.5. The van der Waals surface area contributed by atoms with Crippen LogP contribution in [-0.4, -0.2) is 21.3 Å². The molecule has 96 valence electrons. The molecule has 0 bridgehead atoms. The first kappa shape index (κ1) is 14.0. The van der Waals surface area contributed by atoms with Crippen LogP contribution in [0.3, 0.4) is 0 Å². The van der Waals surface area contributed by atoms with Crippen molar-refractivity contribution >= 4 is 10.0 Å². The van der Waals surface area contributed by atoms with Crippen molar-refractivity contribution in [2.24, 2.45) is 0 Å². The molecule has 0 aliphatic heterocycles. The Kier molecular flexibility index (Phi) is 4.96. The van der Waals surface area contributed by atoms with Gasteiger partial charge in [-0.25, -0.2) is 13.1 Å². The molecule has 1 aromatic carbocycles. The van der Waals surface area contributed by atoms with E-state index in [1.165, 1.54) is 0 Å². The van der Waals surface area contributed by atoms with Crippen molar-refractivity contribution in [1.29, 1.82) is 0 Å². The van der Waals surface area contributed by atoms with Gasteiger partial charge in [0.1, 0.15) is 5.75 Å². The topological polar surface area (TPSA) is 55.4 Å². The molecule has 0 fully saturated rings. The lowest BCUT2D eigenvalue weighted by Crippen LogP contribution is -2.25. The highest BCUT2D eigenvalue weighted by Crippen LogP contribution is 2.19. The Labute approximate surface area is 103 Å². The maximum atomic E-state index is 11.5. The SMILES string of the molecule is CCCS(=O)(=O)NCc1cc(C)ccc1OC. The third kappa shape index (κ3) is 4.36. The monoisotopic (exact) mass is 257 g/mol. The Morgan fingerprint density at radius 1 is 1.35 bits per heavy atom. The van der Waals surface area contributed by atoms with E-state index in [0.717, 1.165) is 11.1 Å². The summed E-state index contributed by atoms with van der Waals surface area (Å²) >= 11 is 0. The van der Waals surface area contributed by atoms with E-state index in [4.69, 9.17) is 4.74 Å². The lowest BCUT2D eigenvalue weighted by Gasteiger charge is -2.10. The molecule has 1 N–H and O–H groups in total. The molecule has 4 nitrogen and oxygen atoms in total. The van der Waals surface area contributed by atoms with Crippen LogP contribution in [0.5, 0.6) is 5.75 Å². The number of nitrogens with one attached hydrogen (secondary N) is 1. The molecule has 0 amide bonds. The number of sulfonamides is 1. The Morgan fingerprint density at radius 2 is 2.06 bits per heavy atom. The molecule has 0 heterocycles. The van der Waals surface area contributed by atoms with Gasteiger partial charge in [-0.3, -0.25) is 0 Å². The molecule has 0 saturated carbocycles. The molecule has 0 saturated heterocycles. The number of rotatable bonds is 6. The van der Waals surface area contributed by atoms with Gasteiger partial charge >= 0.3 is 0 Å². The first-order valence-electron chi connectivity index (χ1n) is 5.59. The molecule has 1 aromatic rings. The molecule has 0 spiro atoms. The van der Waals surface area contributed by atoms with E-state index >= 15 is 0 Å². The molecular formula is C12H19NO3S. The second-order valence-electron chi connectivity index (χ2n) is 3.96. The summed E-state index contributed by atoms with van der Waals surface area (Å²) in [4.78, 5) is 0. The van der Waals surface area contributed by atoms with Gasteiger partial charge in [-0.05, 0) is 19.4 Å². The van der Waals surface area contributed by atoms with Crippen LogP contribution in [0.25, 0.3) is 0 Å². The fourth-order valence-electron chi connectivity index (χ4n) is 1.57. The largest absolute Gasteiger partial charge is 0.496 e. The van der Waals surface area contributed by atoms with Crippen LogP contribution >= 0.6 is 0 Å². The van der Waals surface area contributed by atoms with Gasteiger partial charge in [0.05, 0.1) is 12.9 Å². The molecule has 1 rings (SSSR count). The second kappa shape index (κ2) is 6.02. The van der Waals surface area contributed by atoms with Crippen molar-refractivity contribution in [3.8, 4) is 5.75 Å². The van der Waals surface area contributed by atoms with Crippen molar-refractivity contribution in [3.05, 3.63) is 29.3 Å². The Balaban J connectivity index is 2.78. The summed E-state index contributed by atoms with van der Waals surface area (Å²) in [6, 6.07) is 5.70. The van der Waals surface area contributed by atoms with Gasteiger partial charge in [-0.15, -0.1) is 0 Å². The van der Waals surface area contributed by atoms with E-state index in [1.54, 1.807) is 7.11 Å². The molecule has 0 unspecified atom stereocenters. The molecule has 17 heavy (non-hydrogen) atoms. The summed E-state index contributed by atoms with van der Waals surface area (Å²) in [6.07, 6.45) is 0.611. The van der Waals surface area contributed by atoms with Crippen molar-refractivity contribution in [1.82, 2.24) is 4.72 Å². The van der Waals surface area contributed by atoms with Gasteiger partial charge in [0, 0.05) is 12.1 Å². The first-order chi connectivity index (χ1) is 7.98. The van der Waals surface area contributed by atoms with Crippen molar-refractivity contribution in [2.45, 2.75) is 26.8 Å². The van der Waals surface area contributed by atoms with Crippen molar-refractivity contribution < 1.29 is 13.2 Å². The van der Waals surface area contributed by atoms with Gasteiger partial charge in [0.2, 0.25) is 10.0 Å². The number of ether oxygens (including phenoxy) is 1. The van der Waals surface area contributed by atoms with Crippen molar-refractivity contribution in [3.63, 3.8) is 0 Å². The van der Waals surface area contributed by atoms with Gasteiger partial charge in [0.25, 0.3) is 0 Å².